The molecular formula is C18H38ClN. The molecule has 2 heteroatoms. The lowest BCUT2D eigenvalue weighted by Crippen LogP contribution is -3.13. The van der Waals surface area contributed by atoms with Gasteiger partial charge in [0.15, 0.2) is 0 Å². The van der Waals surface area contributed by atoms with Crippen LogP contribution in [-0.2, 0) is 0 Å². The first kappa shape index (κ1) is 20.2. The van der Waals surface area contributed by atoms with E-state index >= 15 is 0 Å². The zero-order chi connectivity index (χ0) is 13.8. The molecule has 0 radical (unpaired) electrons. The van der Waals surface area contributed by atoms with Gasteiger partial charge in [-0.3, -0.25) is 0 Å². The van der Waals surface area contributed by atoms with Crippen molar-refractivity contribution in [3.8, 4) is 0 Å². The van der Waals surface area contributed by atoms with Gasteiger partial charge in [-0.1, -0.05) is 58.8 Å². The van der Waals surface area contributed by atoms with Crippen LogP contribution in [0.1, 0.15) is 90.9 Å². The molecule has 122 valence electrons. The Balaban J connectivity index is 0.00000361. The Bertz CT molecular complexity index is 194. The molecule has 0 aromatic heterocycles. The molecule has 1 aliphatic heterocycles. The van der Waals surface area contributed by atoms with Crippen molar-refractivity contribution >= 4 is 0 Å². The van der Waals surface area contributed by atoms with E-state index in [9.17, 15) is 0 Å². The van der Waals surface area contributed by atoms with Crippen LogP contribution in [0.3, 0.4) is 0 Å². The van der Waals surface area contributed by atoms with E-state index in [0.717, 1.165) is 5.92 Å². The summed E-state index contributed by atoms with van der Waals surface area (Å²) in [4.78, 5) is 1.91. The number of unbranched alkanes of at least 4 members (excludes halogenated alkanes) is 7. The third-order valence-corrected chi connectivity index (χ3v) is 4.80. The molecule has 20 heavy (non-hydrogen) atoms. The summed E-state index contributed by atoms with van der Waals surface area (Å²) in [5.41, 5.74) is 0. The molecule has 0 aromatic rings. The molecule has 1 nitrogen and oxygen atoms in total. The maximum absolute atomic E-state index is 2.34. The van der Waals surface area contributed by atoms with Crippen LogP contribution in [0.25, 0.3) is 0 Å². The van der Waals surface area contributed by atoms with Crippen molar-refractivity contribution in [2.75, 3.05) is 19.6 Å². The number of piperidine rings is 1. The lowest BCUT2D eigenvalue weighted by Gasteiger charge is -2.29. The summed E-state index contributed by atoms with van der Waals surface area (Å²) in [6.45, 7) is 9.02. The van der Waals surface area contributed by atoms with Crippen molar-refractivity contribution in [1.82, 2.24) is 0 Å². The van der Waals surface area contributed by atoms with Crippen molar-refractivity contribution in [3.05, 3.63) is 0 Å². The zero-order valence-electron chi connectivity index (χ0n) is 14.1. The molecule has 1 fully saturated rings. The highest BCUT2D eigenvalue weighted by molar-refractivity contribution is 4.61. The first-order valence-electron chi connectivity index (χ1n) is 9.20. The van der Waals surface area contributed by atoms with E-state index in [4.69, 9.17) is 0 Å². The molecule has 0 bridgehead atoms. The van der Waals surface area contributed by atoms with E-state index in [1.165, 1.54) is 96.7 Å². The van der Waals surface area contributed by atoms with Crippen LogP contribution < -0.4 is 17.3 Å². The standard InChI is InChI=1S/C18H37N.ClH/c1-3-5-6-7-8-9-10-11-15-19-16-12-14-18(17-19)13-4-2;/h18H,3-17H2,1-2H3;1H. The van der Waals surface area contributed by atoms with Crippen LogP contribution in [0, 0.1) is 5.92 Å². The molecule has 1 saturated heterocycles. The number of quaternary nitrogens is 1. The minimum absolute atomic E-state index is 0. The average Bonchev–Trinajstić information content (AvgIpc) is 2.43. The molecule has 2 unspecified atom stereocenters. The van der Waals surface area contributed by atoms with Crippen LogP contribution in [0.4, 0.5) is 0 Å². The minimum Gasteiger partial charge on any atom is -1.00 e. The van der Waals surface area contributed by atoms with Gasteiger partial charge < -0.3 is 17.3 Å². The largest absolute Gasteiger partial charge is 1.00 e. The van der Waals surface area contributed by atoms with Crippen LogP contribution in [0.5, 0.6) is 0 Å². The molecule has 1 heterocycles. The molecule has 0 spiro atoms. The zero-order valence-corrected chi connectivity index (χ0v) is 14.8. The van der Waals surface area contributed by atoms with Gasteiger partial charge in [0.2, 0.25) is 0 Å². The molecule has 1 aliphatic rings. The SMILES string of the molecule is CCCCCCCCCC[NH+]1CCCC(CCC)C1.[Cl-]. The second-order valence-corrected chi connectivity index (χ2v) is 6.73. The summed E-state index contributed by atoms with van der Waals surface area (Å²) in [5, 5.41) is 0. The number of rotatable bonds is 11. The Kier molecular flexibility index (Phi) is 14.4. The molecule has 0 aliphatic carbocycles. The van der Waals surface area contributed by atoms with Crippen LogP contribution >= 0.6 is 0 Å². The van der Waals surface area contributed by atoms with E-state index in [2.05, 4.69) is 13.8 Å². The summed E-state index contributed by atoms with van der Waals surface area (Å²) >= 11 is 0. The third-order valence-electron chi connectivity index (χ3n) is 4.80. The van der Waals surface area contributed by atoms with Gasteiger partial charge in [0, 0.05) is 5.92 Å². The van der Waals surface area contributed by atoms with Crippen molar-refractivity contribution < 1.29 is 17.3 Å². The van der Waals surface area contributed by atoms with Gasteiger partial charge in [-0.2, -0.15) is 0 Å². The highest BCUT2D eigenvalue weighted by Crippen LogP contribution is 2.13. The maximum Gasteiger partial charge on any atom is 0.0799 e. The Labute approximate surface area is 134 Å². The van der Waals surface area contributed by atoms with Gasteiger partial charge in [-0.25, -0.2) is 0 Å². The fourth-order valence-corrected chi connectivity index (χ4v) is 3.64. The molecule has 0 amide bonds. The summed E-state index contributed by atoms with van der Waals surface area (Å²) in [6, 6.07) is 0. The van der Waals surface area contributed by atoms with E-state index in [1.807, 2.05) is 4.90 Å². The number of hydrogen-bond donors (Lipinski definition) is 1. The highest BCUT2D eigenvalue weighted by atomic mass is 35.5. The first-order chi connectivity index (χ1) is 9.36. The Morgan fingerprint density at radius 1 is 0.850 bits per heavy atom. The fraction of sp³-hybridized carbons (Fsp3) is 1.00. The topological polar surface area (TPSA) is 4.44 Å². The normalized spacial score (nSPS) is 22.5. The van der Waals surface area contributed by atoms with E-state index in [1.54, 1.807) is 0 Å². The lowest BCUT2D eigenvalue weighted by atomic mass is 9.93. The number of hydrogen-bond acceptors (Lipinski definition) is 0. The van der Waals surface area contributed by atoms with Crippen molar-refractivity contribution in [3.63, 3.8) is 0 Å². The summed E-state index contributed by atoms with van der Waals surface area (Å²) in [7, 11) is 0. The van der Waals surface area contributed by atoms with Gasteiger partial charge in [-0.05, 0) is 32.1 Å². The Morgan fingerprint density at radius 2 is 1.50 bits per heavy atom. The number of likely N-dealkylation sites (tertiary alicyclic amines) is 1. The molecular weight excluding hydrogens is 266 g/mol. The summed E-state index contributed by atoms with van der Waals surface area (Å²) < 4.78 is 0. The van der Waals surface area contributed by atoms with Gasteiger partial charge in [-0.15, -0.1) is 0 Å². The van der Waals surface area contributed by atoms with Crippen LogP contribution in [-0.4, -0.2) is 19.6 Å². The van der Waals surface area contributed by atoms with Gasteiger partial charge in [0.1, 0.15) is 0 Å². The van der Waals surface area contributed by atoms with Crippen molar-refractivity contribution in [1.29, 1.82) is 0 Å². The smallest absolute Gasteiger partial charge is 0.0799 e. The first-order valence-corrected chi connectivity index (χ1v) is 9.20. The second kappa shape index (κ2) is 14.2. The monoisotopic (exact) mass is 303 g/mol. The van der Waals surface area contributed by atoms with Crippen molar-refractivity contribution in [2.45, 2.75) is 90.9 Å². The highest BCUT2D eigenvalue weighted by Gasteiger charge is 2.21. The molecule has 0 aromatic carbocycles. The minimum atomic E-state index is 0. The van der Waals surface area contributed by atoms with Crippen LogP contribution in [0.15, 0.2) is 0 Å². The van der Waals surface area contributed by atoms with E-state index in [0.29, 0.717) is 0 Å². The van der Waals surface area contributed by atoms with Crippen LogP contribution in [0.2, 0.25) is 0 Å². The average molecular weight is 304 g/mol. The third kappa shape index (κ3) is 10.0. The number of halogens is 1. The van der Waals surface area contributed by atoms with Gasteiger partial charge >= 0.3 is 0 Å². The predicted octanol–water partition coefficient (Wildman–Crippen LogP) is 1.23. The van der Waals surface area contributed by atoms with Gasteiger partial charge in [0.05, 0.1) is 19.6 Å². The van der Waals surface area contributed by atoms with Crippen molar-refractivity contribution in [2.24, 2.45) is 5.92 Å². The quantitative estimate of drug-likeness (QED) is 0.548. The fourth-order valence-electron chi connectivity index (χ4n) is 3.64. The summed E-state index contributed by atoms with van der Waals surface area (Å²) in [6.07, 6.45) is 17.5. The Hall–Kier alpha value is 0.250. The summed E-state index contributed by atoms with van der Waals surface area (Å²) in [5.74, 6) is 1.04. The molecule has 0 saturated carbocycles. The Morgan fingerprint density at radius 3 is 2.15 bits per heavy atom. The predicted molar refractivity (Wildman–Crippen MR) is 85.8 cm³/mol. The maximum atomic E-state index is 2.34. The van der Waals surface area contributed by atoms with E-state index in [-0.39, 0.29) is 12.4 Å². The van der Waals surface area contributed by atoms with Gasteiger partial charge in [0.25, 0.3) is 0 Å². The molecule has 1 N–H and O–H groups in total. The lowest BCUT2D eigenvalue weighted by molar-refractivity contribution is -0.909. The molecule has 1 rings (SSSR count). The second-order valence-electron chi connectivity index (χ2n) is 6.73. The molecule has 2 atom stereocenters. The van der Waals surface area contributed by atoms with E-state index < -0.39 is 0 Å². The number of nitrogens with one attached hydrogen (secondary N) is 1.